The van der Waals surface area contributed by atoms with Gasteiger partial charge in [-0.15, -0.1) is 22.7 Å². The standard InChI is InChI=1S/C17H16N6OS.C13H14N6O2.C5H6S/c1-24-10-13-5-2-4-12(20-13)8-11-9-19-23-15(11)21-17(18)22-16(23)14-6-3-7-25-14;1-21-7-10-4-2-3-9(16-10)5-8-6-15-19-11(8)17-12(14)18-13(19)20;1-5-3-2-4-6-5/h2-7,9H,8,10H2,1H3,(H2,18,21);2-4,6H,5,7H2,1H3,(H3,14,17,18,20);2-4H,1H3. The highest BCUT2D eigenvalue weighted by Gasteiger charge is 2.15. The average molecular weight is 737 g/mol. The van der Waals surface area contributed by atoms with Crippen LogP contribution in [-0.4, -0.2) is 63.4 Å². The van der Waals surface area contributed by atoms with E-state index in [2.05, 4.69) is 64.5 Å². The Balaban J connectivity index is 0.000000155. The van der Waals surface area contributed by atoms with Crippen molar-refractivity contribution in [2.75, 3.05) is 25.7 Å². The van der Waals surface area contributed by atoms with Gasteiger partial charge >= 0.3 is 5.69 Å². The van der Waals surface area contributed by atoms with Gasteiger partial charge in [0.25, 0.3) is 0 Å². The molecular weight excluding hydrogens is 701 g/mol. The number of anilines is 2. The Kier molecular flexibility index (Phi) is 11.7. The summed E-state index contributed by atoms with van der Waals surface area (Å²) in [5.41, 5.74) is 17.5. The summed E-state index contributed by atoms with van der Waals surface area (Å²) in [6, 6.07) is 19.7. The van der Waals surface area contributed by atoms with Crippen molar-refractivity contribution in [2.45, 2.75) is 33.0 Å². The number of H-pyrrole nitrogens is 1. The predicted molar refractivity (Wildman–Crippen MR) is 201 cm³/mol. The van der Waals surface area contributed by atoms with Gasteiger partial charge in [0, 0.05) is 54.5 Å². The number of fused-ring (bicyclic) bond motifs is 2. The molecule has 0 aliphatic heterocycles. The van der Waals surface area contributed by atoms with Gasteiger partial charge in [0.15, 0.2) is 17.1 Å². The summed E-state index contributed by atoms with van der Waals surface area (Å²) >= 11 is 3.37. The number of thiophene rings is 2. The third-order valence-corrected chi connectivity index (χ3v) is 9.06. The molecule has 0 unspecified atom stereocenters. The van der Waals surface area contributed by atoms with Crippen LogP contribution >= 0.6 is 22.7 Å². The van der Waals surface area contributed by atoms with Crippen molar-refractivity contribution in [1.82, 2.24) is 49.1 Å². The number of aromatic amines is 1. The summed E-state index contributed by atoms with van der Waals surface area (Å²) in [5, 5.41) is 12.6. The van der Waals surface area contributed by atoms with E-state index in [0.717, 1.165) is 38.8 Å². The second kappa shape index (κ2) is 16.9. The Morgan fingerprint density at radius 1 is 0.692 bits per heavy atom. The second-order valence-electron chi connectivity index (χ2n) is 11.3. The highest BCUT2D eigenvalue weighted by Crippen LogP contribution is 2.25. The minimum Gasteiger partial charge on any atom is -0.378 e. The lowest BCUT2D eigenvalue weighted by Crippen LogP contribution is -2.20. The topological polar surface area (TPSA) is 202 Å². The minimum atomic E-state index is -0.412. The number of hydrogen-bond donors (Lipinski definition) is 3. The van der Waals surface area contributed by atoms with Crippen LogP contribution in [0.1, 0.15) is 38.8 Å². The van der Waals surface area contributed by atoms with E-state index in [1.165, 1.54) is 9.39 Å². The number of nitrogens with one attached hydrogen (secondary N) is 1. The lowest BCUT2D eigenvalue weighted by molar-refractivity contribution is 0.181. The molecule has 0 atom stereocenters. The van der Waals surface area contributed by atoms with Crippen molar-refractivity contribution in [3.63, 3.8) is 0 Å². The molecule has 0 saturated carbocycles. The first-order valence-electron chi connectivity index (χ1n) is 15.9. The van der Waals surface area contributed by atoms with Gasteiger partial charge in [0.2, 0.25) is 11.9 Å². The zero-order valence-corrected chi connectivity index (χ0v) is 30.3. The van der Waals surface area contributed by atoms with Gasteiger partial charge in [0.05, 0.1) is 41.9 Å². The molecule has 0 spiro atoms. The molecule has 0 aromatic carbocycles. The van der Waals surface area contributed by atoms with Gasteiger partial charge in [-0.3, -0.25) is 15.0 Å². The number of nitrogen functional groups attached to an aromatic ring is 2. The minimum absolute atomic E-state index is 0.0651. The first-order chi connectivity index (χ1) is 25.3. The molecule has 5 N–H and O–H groups in total. The Labute approximate surface area is 306 Å². The summed E-state index contributed by atoms with van der Waals surface area (Å²) in [6.45, 7) is 3.04. The van der Waals surface area contributed by atoms with Crippen molar-refractivity contribution < 1.29 is 9.47 Å². The number of pyridine rings is 2. The van der Waals surface area contributed by atoms with Gasteiger partial charge in [-0.05, 0) is 54.1 Å². The van der Waals surface area contributed by atoms with Crippen molar-refractivity contribution >= 4 is 45.9 Å². The Morgan fingerprint density at radius 3 is 1.81 bits per heavy atom. The number of ether oxygens (including phenoxy) is 2. The third-order valence-electron chi connectivity index (χ3n) is 7.39. The van der Waals surface area contributed by atoms with Gasteiger partial charge in [0.1, 0.15) is 0 Å². The number of methoxy groups -OCH3 is 2. The molecule has 8 heterocycles. The summed E-state index contributed by atoms with van der Waals surface area (Å²) in [6.07, 6.45) is 4.52. The molecule has 0 radical (unpaired) electrons. The number of aryl methyl sites for hydroxylation is 1. The van der Waals surface area contributed by atoms with E-state index >= 15 is 0 Å². The first-order valence-corrected chi connectivity index (χ1v) is 17.7. The largest absolute Gasteiger partial charge is 0.378 e. The summed E-state index contributed by atoms with van der Waals surface area (Å²) < 4.78 is 13.1. The third kappa shape index (κ3) is 8.88. The lowest BCUT2D eigenvalue weighted by atomic mass is 10.1. The van der Waals surface area contributed by atoms with Crippen LogP contribution in [0.15, 0.2) is 88.6 Å². The molecule has 0 fully saturated rings. The number of nitrogens with two attached hydrogens (primary N) is 2. The molecule has 0 bridgehead atoms. The van der Waals surface area contributed by atoms with Crippen molar-refractivity contribution in [3.8, 4) is 10.7 Å². The van der Waals surface area contributed by atoms with E-state index in [-0.39, 0.29) is 11.9 Å². The maximum absolute atomic E-state index is 11.7. The Morgan fingerprint density at radius 2 is 1.27 bits per heavy atom. The molecule has 0 aliphatic rings. The monoisotopic (exact) mass is 736 g/mol. The van der Waals surface area contributed by atoms with Crippen molar-refractivity contribution in [2.24, 2.45) is 0 Å². The predicted octanol–water partition coefficient (Wildman–Crippen LogP) is 4.76. The molecule has 17 heteroatoms. The summed E-state index contributed by atoms with van der Waals surface area (Å²) in [5.74, 6) is 0.999. The fraction of sp³-hybridized carbons (Fsp3) is 0.200. The Bertz CT molecular complexity index is 2420. The van der Waals surface area contributed by atoms with Crippen molar-refractivity contribution in [3.05, 3.63) is 133 Å². The Hall–Kier alpha value is -5.88. The fourth-order valence-corrected chi connectivity index (χ4v) is 6.39. The second-order valence-corrected chi connectivity index (χ2v) is 13.4. The first kappa shape index (κ1) is 35.9. The number of rotatable bonds is 9. The number of aromatic nitrogens is 10. The molecule has 266 valence electrons. The molecule has 8 rings (SSSR count). The maximum Gasteiger partial charge on any atom is 0.350 e. The zero-order valence-electron chi connectivity index (χ0n) is 28.6. The van der Waals surface area contributed by atoms with E-state index in [4.69, 9.17) is 20.9 Å². The summed E-state index contributed by atoms with van der Waals surface area (Å²) in [7, 11) is 3.28. The zero-order chi connectivity index (χ0) is 36.5. The van der Waals surface area contributed by atoms with Gasteiger partial charge in [-0.2, -0.15) is 34.2 Å². The van der Waals surface area contributed by atoms with E-state index < -0.39 is 5.69 Å². The van der Waals surface area contributed by atoms with E-state index in [9.17, 15) is 4.79 Å². The normalized spacial score (nSPS) is 10.9. The van der Waals surface area contributed by atoms with Crippen molar-refractivity contribution in [1.29, 1.82) is 0 Å². The molecule has 0 aliphatic carbocycles. The highest BCUT2D eigenvalue weighted by atomic mass is 32.1. The fourth-order valence-electron chi connectivity index (χ4n) is 5.17. The van der Waals surface area contributed by atoms with Crippen LogP contribution in [-0.2, 0) is 35.5 Å². The van der Waals surface area contributed by atoms with E-state index in [1.807, 2.05) is 53.9 Å². The molecule has 0 amide bonds. The molecular formula is C35H36N12O3S2. The van der Waals surface area contributed by atoms with Gasteiger partial charge in [-0.25, -0.2) is 4.79 Å². The molecule has 52 heavy (non-hydrogen) atoms. The van der Waals surface area contributed by atoms with Crippen LogP contribution in [0.2, 0.25) is 0 Å². The van der Waals surface area contributed by atoms with E-state index in [1.54, 1.807) is 53.8 Å². The van der Waals surface area contributed by atoms with Crippen LogP contribution in [0, 0.1) is 6.92 Å². The van der Waals surface area contributed by atoms with E-state index in [0.29, 0.717) is 43.2 Å². The highest BCUT2D eigenvalue weighted by molar-refractivity contribution is 7.13. The molecule has 8 aromatic rings. The SMILES string of the molecule is COCc1cccc(Cc2cnn3c(-c4cccs4)nc(N)nc23)n1.COCc1cccc(Cc2cnn3c(=O)[nH]c(N)nc23)n1.Cc1cccs1. The van der Waals surface area contributed by atoms with Gasteiger partial charge < -0.3 is 20.9 Å². The lowest BCUT2D eigenvalue weighted by Gasteiger charge is -2.05. The number of hydrogen-bond acceptors (Lipinski definition) is 14. The van der Waals surface area contributed by atoms with Crippen LogP contribution in [0.25, 0.3) is 22.0 Å². The van der Waals surface area contributed by atoms with Crippen LogP contribution in [0.4, 0.5) is 11.9 Å². The van der Waals surface area contributed by atoms with Gasteiger partial charge in [-0.1, -0.05) is 24.3 Å². The maximum atomic E-state index is 11.7. The molecule has 0 saturated heterocycles. The molecule has 8 aromatic heterocycles. The molecule has 15 nitrogen and oxygen atoms in total. The summed E-state index contributed by atoms with van der Waals surface area (Å²) in [4.78, 5) is 38.4. The number of nitrogens with zero attached hydrogens (tertiary/aromatic N) is 9. The average Bonchev–Trinajstić information content (AvgIpc) is 3.96. The smallest absolute Gasteiger partial charge is 0.350 e. The quantitative estimate of drug-likeness (QED) is 0.184. The van der Waals surface area contributed by atoms with Crippen LogP contribution in [0.3, 0.4) is 0 Å². The van der Waals surface area contributed by atoms with Crippen LogP contribution in [0.5, 0.6) is 0 Å². The van der Waals surface area contributed by atoms with Crippen LogP contribution < -0.4 is 17.2 Å².